The molecule has 190 valence electrons. The van der Waals surface area contributed by atoms with E-state index in [2.05, 4.69) is 4.98 Å². The van der Waals surface area contributed by atoms with Crippen LogP contribution in [0.3, 0.4) is 0 Å². The zero-order valence-corrected chi connectivity index (χ0v) is 21.0. The van der Waals surface area contributed by atoms with Crippen molar-refractivity contribution in [2.75, 3.05) is 26.8 Å². The quantitative estimate of drug-likeness (QED) is 0.384. The number of likely N-dealkylation sites (tertiary alicyclic amines) is 2. The highest BCUT2D eigenvalue weighted by Crippen LogP contribution is 2.43. The van der Waals surface area contributed by atoms with Crippen LogP contribution >= 0.6 is 0 Å². The topological polar surface area (TPSA) is 109 Å². The molecule has 9 heteroatoms. The molecule has 2 amide bonds. The minimum absolute atomic E-state index is 0.00382. The lowest BCUT2D eigenvalue weighted by molar-refractivity contribution is -0.142. The van der Waals surface area contributed by atoms with Crippen molar-refractivity contribution >= 4 is 23.5 Å². The van der Waals surface area contributed by atoms with Gasteiger partial charge in [-0.1, -0.05) is 12.1 Å². The number of benzene rings is 1. The van der Waals surface area contributed by atoms with Gasteiger partial charge in [0, 0.05) is 31.5 Å². The summed E-state index contributed by atoms with van der Waals surface area (Å²) in [4.78, 5) is 46.3. The summed E-state index contributed by atoms with van der Waals surface area (Å²) in [5, 5.41) is 11.5. The maximum atomic E-state index is 13.4. The SMILES string of the molecule is CCOC(=O)N1CCC(N2C(=O)C(=O)/C(=C(/O)c3cc(C)cc(C)c3OC)C2c2cccnc2)CC1. The van der Waals surface area contributed by atoms with Gasteiger partial charge in [-0.3, -0.25) is 14.6 Å². The average Bonchev–Trinajstić information content (AvgIpc) is 3.14. The number of methoxy groups -OCH3 is 1. The number of carbonyl (C=O) groups is 3. The Morgan fingerprint density at radius 1 is 1.19 bits per heavy atom. The molecule has 0 radical (unpaired) electrons. The number of hydrogen-bond donors (Lipinski definition) is 1. The molecule has 2 fully saturated rings. The predicted molar refractivity (Wildman–Crippen MR) is 132 cm³/mol. The van der Waals surface area contributed by atoms with Gasteiger partial charge in [0.25, 0.3) is 11.7 Å². The maximum Gasteiger partial charge on any atom is 0.409 e. The number of amides is 2. The van der Waals surface area contributed by atoms with Crippen molar-refractivity contribution in [2.24, 2.45) is 0 Å². The average molecular weight is 494 g/mol. The van der Waals surface area contributed by atoms with Crippen molar-refractivity contribution in [1.82, 2.24) is 14.8 Å². The van der Waals surface area contributed by atoms with Crippen molar-refractivity contribution in [3.05, 3.63) is 64.5 Å². The predicted octanol–water partition coefficient (Wildman–Crippen LogP) is 3.75. The minimum Gasteiger partial charge on any atom is -0.507 e. The molecule has 2 saturated heterocycles. The summed E-state index contributed by atoms with van der Waals surface area (Å²) in [6.07, 6.45) is 3.79. The van der Waals surface area contributed by atoms with Crippen LogP contribution in [0, 0.1) is 13.8 Å². The number of piperidine rings is 1. The number of aryl methyl sites for hydroxylation is 2. The molecule has 0 spiro atoms. The number of aromatic nitrogens is 1. The van der Waals surface area contributed by atoms with E-state index in [1.54, 1.807) is 47.3 Å². The Morgan fingerprint density at radius 2 is 1.92 bits per heavy atom. The van der Waals surface area contributed by atoms with E-state index >= 15 is 0 Å². The lowest BCUT2D eigenvalue weighted by Gasteiger charge is -2.38. The molecule has 1 N–H and O–H groups in total. The zero-order valence-electron chi connectivity index (χ0n) is 21.0. The van der Waals surface area contributed by atoms with Crippen LogP contribution in [0.5, 0.6) is 5.75 Å². The third-order valence-electron chi connectivity index (χ3n) is 6.74. The van der Waals surface area contributed by atoms with E-state index in [0.717, 1.165) is 11.1 Å². The van der Waals surface area contributed by atoms with E-state index in [4.69, 9.17) is 9.47 Å². The smallest absolute Gasteiger partial charge is 0.409 e. The maximum absolute atomic E-state index is 13.4. The third kappa shape index (κ3) is 4.53. The largest absolute Gasteiger partial charge is 0.507 e. The van der Waals surface area contributed by atoms with Crippen LogP contribution in [-0.4, -0.2) is 70.5 Å². The monoisotopic (exact) mass is 493 g/mol. The van der Waals surface area contributed by atoms with Crippen molar-refractivity contribution in [3.8, 4) is 5.75 Å². The van der Waals surface area contributed by atoms with Gasteiger partial charge in [-0.15, -0.1) is 0 Å². The van der Waals surface area contributed by atoms with Crippen molar-refractivity contribution in [3.63, 3.8) is 0 Å². The molecule has 2 aliphatic heterocycles. The molecular weight excluding hydrogens is 462 g/mol. The van der Waals surface area contributed by atoms with Crippen LogP contribution < -0.4 is 4.74 Å². The number of hydrogen-bond acceptors (Lipinski definition) is 7. The van der Waals surface area contributed by atoms with Crippen LogP contribution in [0.2, 0.25) is 0 Å². The van der Waals surface area contributed by atoms with Gasteiger partial charge in [0.2, 0.25) is 0 Å². The molecule has 1 aromatic heterocycles. The molecule has 0 bridgehead atoms. The highest BCUT2D eigenvalue weighted by Gasteiger charge is 2.49. The number of pyridine rings is 1. The fourth-order valence-electron chi connectivity index (χ4n) is 5.18. The molecule has 36 heavy (non-hydrogen) atoms. The second-order valence-corrected chi connectivity index (χ2v) is 9.07. The number of aliphatic hydroxyl groups is 1. The van der Waals surface area contributed by atoms with Crippen LogP contribution in [0.1, 0.15) is 48.1 Å². The molecule has 1 unspecified atom stereocenters. The molecular formula is C27H31N3O6. The fraction of sp³-hybridized carbons (Fsp3) is 0.407. The summed E-state index contributed by atoms with van der Waals surface area (Å²) in [5.74, 6) is -1.27. The Kier molecular flexibility index (Phi) is 7.28. The first-order valence-corrected chi connectivity index (χ1v) is 12.1. The number of aliphatic hydroxyl groups excluding tert-OH is 1. The lowest BCUT2D eigenvalue weighted by Crippen LogP contribution is -2.48. The first-order chi connectivity index (χ1) is 17.3. The first kappa shape index (κ1) is 25.2. The second kappa shape index (κ2) is 10.4. The highest BCUT2D eigenvalue weighted by atomic mass is 16.6. The highest BCUT2D eigenvalue weighted by molar-refractivity contribution is 6.46. The summed E-state index contributed by atoms with van der Waals surface area (Å²) in [6.45, 7) is 6.59. The van der Waals surface area contributed by atoms with Gasteiger partial charge in [0.05, 0.1) is 30.9 Å². The van der Waals surface area contributed by atoms with Gasteiger partial charge in [0.1, 0.15) is 11.5 Å². The third-order valence-corrected chi connectivity index (χ3v) is 6.74. The van der Waals surface area contributed by atoms with E-state index in [0.29, 0.717) is 42.8 Å². The van der Waals surface area contributed by atoms with Crippen molar-refractivity contribution < 1.29 is 29.0 Å². The number of ketones is 1. The van der Waals surface area contributed by atoms with Crippen LogP contribution in [0.15, 0.2) is 42.2 Å². The van der Waals surface area contributed by atoms with E-state index in [1.807, 2.05) is 19.9 Å². The molecule has 0 aliphatic carbocycles. The molecule has 1 aromatic carbocycles. The van der Waals surface area contributed by atoms with Crippen LogP contribution in [-0.2, 0) is 14.3 Å². The van der Waals surface area contributed by atoms with Crippen LogP contribution in [0.25, 0.3) is 5.76 Å². The van der Waals surface area contributed by atoms with Crippen molar-refractivity contribution in [1.29, 1.82) is 0 Å². The van der Waals surface area contributed by atoms with Crippen molar-refractivity contribution in [2.45, 2.75) is 45.7 Å². The Hall–Kier alpha value is -3.88. The number of carbonyl (C=O) groups excluding carboxylic acids is 3. The van der Waals surface area contributed by atoms with Gasteiger partial charge in [0.15, 0.2) is 0 Å². The van der Waals surface area contributed by atoms with E-state index < -0.39 is 17.7 Å². The second-order valence-electron chi connectivity index (χ2n) is 9.07. The van der Waals surface area contributed by atoms with Crippen LogP contribution in [0.4, 0.5) is 4.79 Å². The number of Topliss-reactive ketones (excluding diaryl/α,β-unsaturated/α-hetero) is 1. The Morgan fingerprint density at radius 3 is 2.53 bits per heavy atom. The minimum atomic E-state index is -0.816. The summed E-state index contributed by atoms with van der Waals surface area (Å²) < 4.78 is 10.6. The van der Waals surface area contributed by atoms with E-state index in [-0.39, 0.29) is 30.1 Å². The van der Waals surface area contributed by atoms with Gasteiger partial charge in [-0.2, -0.15) is 0 Å². The Labute approximate surface area is 210 Å². The summed E-state index contributed by atoms with van der Waals surface area (Å²) in [6, 6.07) is 6.07. The Bertz CT molecular complexity index is 1200. The first-order valence-electron chi connectivity index (χ1n) is 12.1. The van der Waals surface area contributed by atoms with Gasteiger partial charge < -0.3 is 24.4 Å². The standard InChI is InChI=1S/C27H31N3O6/c1-5-36-27(34)29-11-8-19(9-12-29)30-22(18-7-6-10-28-15-18)21(24(32)26(30)33)23(31)20-14-16(2)13-17(3)25(20)35-4/h6-7,10,13-15,19,22,31H,5,8-9,11-12H2,1-4H3/b23-21+. The van der Waals surface area contributed by atoms with Gasteiger partial charge in [-0.25, -0.2) is 4.79 Å². The fourth-order valence-corrected chi connectivity index (χ4v) is 5.18. The van der Waals surface area contributed by atoms with E-state index in [9.17, 15) is 19.5 Å². The van der Waals surface area contributed by atoms with Gasteiger partial charge >= 0.3 is 6.09 Å². The van der Waals surface area contributed by atoms with Gasteiger partial charge in [-0.05, 0) is 62.4 Å². The molecule has 2 aliphatic rings. The summed E-state index contributed by atoms with van der Waals surface area (Å²) >= 11 is 0. The summed E-state index contributed by atoms with van der Waals surface area (Å²) in [5.41, 5.74) is 2.67. The normalized spacial score (nSPS) is 20.1. The molecule has 3 heterocycles. The zero-order chi connectivity index (χ0) is 26.0. The molecule has 4 rings (SSSR count). The molecule has 2 aromatic rings. The number of rotatable bonds is 5. The Balaban J connectivity index is 1.79. The molecule has 0 saturated carbocycles. The van der Waals surface area contributed by atoms with E-state index in [1.165, 1.54) is 7.11 Å². The molecule has 9 nitrogen and oxygen atoms in total. The lowest BCUT2D eigenvalue weighted by atomic mass is 9.93. The number of ether oxygens (including phenoxy) is 2. The number of nitrogens with zero attached hydrogens (tertiary/aromatic N) is 3. The molecule has 1 atom stereocenters. The summed E-state index contributed by atoms with van der Waals surface area (Å²) in [7, 11) is 1.50.